The summed E-state index contributed by atoms with van der Waals surface area (Å²) in [5.41, 5.74) is 3.15. The first-order valence-corrected chi connectivity index (χ1v) is 11.2. The van der Waals surface area contributed by atoms with Crippen molar-refractivity contribution in [3.63, 3.8) is 0 Å². The highest BCUT2D eigenvalue weighted by Crippen LogP contribution is 2.30. The number of nitrogens with one attached hydrogen (secondary N) is 2. The molecule has 0 amide bonds. The normalized spacial score (nSPS) is 13.9. The number of rotatable bonds is 5. The Balaban J connectivity index is 1.25. The van der Waals surface area contributed by atoms with Crippen molar-refractivity contribution in [3.8, 4) is 11.5 Å². The molecule has 4 heterocycles. The SMILES string of the molecule is Cn1cnc2cc(Oc3ccc(Nc4ncnc5cnc(N6CCNCC6)nc45)c(F)c3)ccc21. The van der Waals surface area contributed by atoms with Crippen LogP contribution in [0, 0.1) is 5.82 Å². The zero-order chi connectivity index (χ0) is 23.8. The van der Waals surface area contributed by atoms with Crippen LogP contribution in [-0.4, -0.2) is 55.7 Å². The minimum atomic E-state index is -0.482. The summed E-state index contributed by atoms with van der Waals surface area (Å²) in [5, 5.41) is 6.36. The highest BCUT2D eigenvalue weighted by Gasteiger charge is 2.16. The highest BCUT2D eigenvalue weighted by atomic mass is 19.1. The summed E-state index contributed by atoms with van der Waals surface area (Å²) in [5.74, 6) is 1.48. The molecule has 0 bridgehead atoms. The van der Waals surface area contributed by atoms with Crippen molar-refractivity contribution in [3.05, 3.63) is 61.1 Å². The van der Waals surface area contributed by atoms with Gasteiger partial charge >= 0.3 is 0 Å². The lowest BCUT2D eigenvalue weighted by Gasteiger charge is -2.27. The Bertz CT molecular complexity index is 1530. The Labute approximate surface area is 199 Å². The molecule has 11 heteroatoms. The van der Waals surface area contributed by atoms with E-state index in [9.17, 15) is 0 Å². The van der Waals surface area contributed by atoms with Crippen molar-refractivity contribution >= 4 is 39.5 Å². The van der Waals surface area contributed by atoms with Gasteiger partial charge in [-0.2, -0.15) is 0 Å². The van der Waals surface area contributed by atoms with Gasteiger partial charge in [0.25, 0.3) is 0 Å². The standard InChI is InChI=1S/C24H22FN9O/c1-33-14-30-19-11-16(3-5-21(19)33)35-15-2-4-18(17(25)10-15)31-23-22-20(28-13-29-23)12-27-24(32-22)34-8-6-26-7-9-34/h2-5,10-14,26H,6-9H2,1H3,(H,28,29,31). The number of halogens is 1. The van der Waals surface area contributed by atoms with Gasteiger partial charge in [-0.3, -0.25) is 0 Å². The third-order valence-electron chi connectivity index (χ3n) is 5.89. The van der Waals surface area contributed by atoms with Gasteiger partial charge in [0.05, 0.1) is 29.2 Å². The average Bonchev–Trinajstić information content (AvgIpc) is 3.26. The van der Waals surface area contributed by atoms with Gasteiger partial charge in [0.2, 0.25) is 5.95 Å². The van der Waals surface area contributed by atoms with Gasteiger partial charge in [0.15, 0.2) is 5.82 Å². The van der Waals surface area contributed by atoms with E-state index in [1.807, 2.05) is 29.8 Å². The largest absolute Gasteiger partial charge is 0.457 e. The molecule has 10 nitrogen and oxygen atoms in total. The van der Waals surface area contributed by atoms with Crippen LogP contribution >= 0.6 is 0 Å². The Morgan fingerprint density at radius 1 is 0.971 bits per heavy atom. The second kappa shape index (κ2) is 8.76. The zero-order valence-electron chi connectivity index (χ0n) is 18.9. The molecule has 0 radical (unpaired) electrons. The lowest BCUT2D eigenvalue weighted by atomic mass is 10.2. The quantitative estimate of drug-likeness (QED) is 0.399. The Hall–Kier alpha value is -4.38. The molecule has 1 fully saturated rings. The summed E-state index contributed by atoms with van der Waals surface area (Å²) in [6.07, 6.45) is 4.81. The molecule has 1 aliphatic heterocycles. The number of aromatic nitrogens is 6. The summed E-state index contributed by atoms with van der Waals surface area (Å²) in [6, 6.07) is 10.2. The number of nitrogens with zero attached hydrogens (tertiary/aromatic N) is 7. The van der Waals surface area contributed by atoms with Gasteiger partial charge in [-0.05, 0) is 24.3 Å². The molecule has 5 aromatic rings. The summed E-state index contributed by atoms with van der Waals surface area (Å²) in [6.45, 7) is 3.36. The predicted molar refractivity (Wildman–Crippen MR) is 131 cm³/mol. The molecular formula is C24H22FN9O. The van der Waals surface area contributed by atoms with Crippen molar-refractivity contribution in [1.29, 1.82) is 0 Å². The Kier molecular flexibility index (Phi) is 5.30. The number of aryl methyl sites for hydroxylation is 1. The van der Waals surface area contributed by atoms with E-state index in [0.29, 0.717) is 34.3 Å². The molecule has 1 saturated heterocycles. The van der Waals surface area contributed by atoms with E-state index in [0.717, 1.165) is 37.2 Å². The van der Waals surface area contributed by atoms with Crippen LogP contribution in [0.5, 0.6) is 11.5 Å². The molecule has 6 rings (SSSR count). The van der Waals surface area contributed by atoms with Crippen LogP contribution in [0.25, 0.3) is 22.1 Å². The van der Waals surface area contributed by atoms with E-state index < -0.39 is 5.82 Å². The van der Waals surface area contributed by atoms with Crippen LogP contribution in [0.15, 0.2) is 55.2 Å². The molecule has 0 unspecified atom stereocenters. The van der Waals surface area contributed by atoms with Gasteiger partial charge in [-0.25, -0.2) is 29.3 Å². The second-order valence-electron chi connectivity index (χ2n) is 8.24. The maximum atomic E-state index is 15.0. The Morgan fingerprint density at radius 2 is 1.80 bits per heavy atom. The molecule has 3 aromatic heterocycles. The first-order valence-electron chi connectivity index (χ1n) is 11.2. The van der Waals surface area contributed by atoms with Crippen LogP contribution in [0.3, 0.4) is 0 Å². The molecule has 35 heavy (non-hydrogen) atoms. The fourth-order valence-corrected chi connectivity index (χ4v) is 4.06. The van der Waals surface area contributed by atoms with Crippen LogP contribution < -0.4 is 20.3 Å². The number of hydrogen-bond donors (Lipinski definition) is 2. The van der Waals surface area contributed by atoms with Gasteiger partial charge < -0.3 is 24.8 Å². The van der Waals surface area contributed by atoms with Crippen LogP contribution in [0.2, 0.25) is 0 Å². The van der Waals surface area contributed by atoms with Crippen molar-refractivity contribution in [2.45, 2.75) is 0 Å². The number of benzene rings is 2. The highest BCUT2D eigenvalue weighted by molar-refractivity contribution is 5.87. The van der Waals surface area contributed by atoms with Crippen LogP contribution in [0.4, 0.5) is 21.8 Å². The van der Waals surface area contributed by atoms with Crippen LogP contribution in [-0.2, 0) is 7.05 Å². The summed E-state index contributed by atoms with van der Waals surface area (Å²) in [7, 11) is 1.93. The number of hydrogen-bond acceptors (Lipinski definition) is 9. The van der Waals surface area contributed by atoms with E-state index in [1.165, 1.54) is 12.4 Å². The minimum Gasteiger partial charge on any atom is -0.457 e. The fourth-order valence-electron chi connectivity index (χ4n) is 4.06. The van der Waals surface area contributed by atoms with E-state index in [4.69, 9.17) is 4.74 Å². The van der Waals surface area contributed by atoms with Crippen molar-refractivity contribution in [1.82, 2.24) is 34.8 Å². The average molecular weight is 472 g/mol. The first kappa shape index (κ1) is 21.2. The van der Waals surface area contributed by atoms with E-state index in [2.05, 4.69) is 40.5 Å². The number of imidazole rings is 1. The second-order valence-corrected chi connectivity index (χ2v) is 8.24. The molecule has 0 atom stereocenters. The lowest BCUT2D eigenvalue weighted by Crippen LogP contribution is -2.44. The monoisotopic (exact) mass is 471 g/mol. The summed E-state index contributed by atoms with van der Waals surface area (Å²) >= 11 is 0. The van der Waals surface area contributed by atoms with Crippen molar-refractivity contribution in [2.24, 2.45) is 7.05 Å². The van der Waals surface area contributed by atoms with Gasteiger partial charge in [0, 0.05) is 45.4 Å². The molecule has 1 aliphatic rings. The van der Waals surface area contributed by atoms with Gasteiger partial charge in [-0.1, -0.05) is 0 Å². The Morgan fingerprint density at radius 3 is 2.66 bits per heavy atom. The molecule has 2 aromatic carbocycles. The molecule has 0 aliphatic carbocycles. The van der Waals surface area contributed by atoms with Crippen molar-refractivity contribution < 1.29 is 9.13 Å². The lowest BCUT2D eigenvalue weighted by molar-refractivity contribution is 0.478. The number of piperazine rings is 1. The summed E-state index contributed by atoms with van der Waals surface area (Å²) in [4.78, 5) is 24.1. The summed E-state index contributed by atoms with van der Waals surface area (Å²) < 4.78 is 22.8. The van der Waals surface area contributed by atoms with E-state index >= 15 is 4.39 Å². The predicted octanol–water partition coefficient (Wildman–Crippen LogP) is 3.39. The fraction of sp³-hybridized carbons (Fsp3) is 0.208. The number of ether oxygens (including phenoxy) is 1. The van der Waals surface area contributed by atoms with Crippen molar-refractivity contribution in [2.75, 3.05) is 36.4 Å². The third-order valence-corrected chi connectivity index (χ3v) is 5.89. The smallest absolute Gasteiger partial charge is 0.226 e. The van der Waals surface area contributed by atoms with E-state index in [-0.39, 0.29) is 5.69 Å². The van der Waals surface area contributed by atoms with Gasteiger partial charge in [0.1, 0.15) is 34.7 Å². The molecule has 0 spiro atoms. The molecule has 0 saturated carbocycles. The van der Waals surface area contributed by atoms with E-state index in [1.54, 1.807) is 24.7 Å². The maximum absolute atomic E-state index is 15.0. The third kappa shape index (κ3) is 4.17. The minimum absolute atomic E-state index is 0.250. The topological polar surface area (TPSA) is 106 Å². The van der Waals surface area contributed by atoms with Gasteiger partial charge in [-0.15, -0.1) is 0 Å². The maximum Gasteiger partial charge on any atom is 0.226 e. The first-order chi connectivity index (χ1) is 17.1. The number of anilines is 3. The zero-order valence-corrected chi connectivity index (χ0v) is 18.9. The molecule has 2 N–H and O–H groups in total. The van der Waals surface area contributed by atoms with Crippen LogP contribution in [0.1, 0.15) is 0 Å². The molecule has 176 valence electrons. The molecular weight excluding hydrogens is 449 g/mol. The number of fused-ring (bicyclic) bond motifs is 2.